The van der Waals surface area contributed by atoms with Crippen LogP contribution in [-0.4, -0.2) is 75.6 Å². The van der Waals surface area contributed by atoms with Gasteiger partial charge in [-0.05, 0) is 69.2 Å². The Labute approximate surface area is 228 Å². The van der Waals surface area contributed by atoms with Gasteiger partial charge in [0.25, 0.3) is 0 Å². The van der Waals surface area contributed by atoms with Crippen molar-refractivity contribution in [1.29, 1.82) is 0 Å². The van der Waals surface area contributed by atoms with E-state index in [1.807, 2.05) is 18.0 Å². The fourth-order valence-corrected chi connectivity index (χ4v) is 6.34. The van der Waals surface area contributed by atoms with Crippen molar-refractivity contribution in [3.63, 3.8) is 0 Å². The molecule has 1 aliphatic heterocycles. The van der Waals surface area contributed by atoms with Gasteiger partial charge < -0.3 is 30.1 Å². The maximum absolute atomic E-state index is 13.4. The van der Waals surface area contributed by atoms with Crippen molar-refractivity contribution in [2.75, 3.05) is 47.5 Å². The van der Waals surface area contributed by atoms with Crippen LogP contribution in [0.1, 0.15) is 86.6 Å². The zero-order valence-electron chi connectivity index (χ0n) is 23.7. The van der Waals surface area contributed by atoms with Crippen molar-refractivity contribution in [3.8, 4) is 0 Å². The van der Waals surface area contributed by atoms with E-state index < -0.39 is 11.6 Å². The van der Waals surface area contributed by atoms with Crippen molar-refractivity contribution in [2.45, 2.75) is 82.3 Å². The topological polar surface area (TPSA) is 100 Å². The smallest absolute Gasteiger partial charge is 0.337 e. The van der Waals surface area contributed by atoms with Crippen molar-refractivity contribution in [2.24, 2.45) is 11.8 Å². The molecule has 1 aromatic rings. The van der Waals surface area contributed by atoms with Gasteiger partial charge in [0.2, 0.25) is 0 Å². The molecule has 2 fully saturated rings. The molecule has 2 amide bonds. The standard InChI is InChI=1S/C30H49N3O5/c1-31-21-27(19-23-11-5-4-6-12-23)32-29(35)33-17-10-15-26(22-33)30(36,16-7-8-18-37-2)25-14-9-13-24(20-25)28(34)38-3/h9,13-14,20,23,26-27,31,36H,4-8,10-12,15-19,21-22H2,1-3H3,(H,32,35). The fraction of sp³-hybridized carbons (Fsp3) is 0.733. The van der Waals surface area contributed by atoms with Crippen LogP contribution in [0.3, 0.4) is 0 Å². The predicted octanol–water partition coefficient (Wildman–Crippen LogP) is 4.46. The van der Waals surface area contributed by atoms with Crippen LogP contribution in [0.15, 0.2) is 24.3 Å². The fourth-order valence-electron chi connectivity index (χ4n) is 6.34. The van der Waals surface area contributed by atoms with Gasteiger partial charge in [0, 0.05) is 45.3 Å². The number of aliphatic hydroxyl groups is 1. The lowest BCUT2D eigenvalue weighted by Crippen LogP contribution is -2.54. The van der Waals surface area contributed by atoms with E-state index in [-0.39, 0.29) is 18.0 Å². The first-order chi connectivity index (χ1) is 18.4. The van der Waals surface area contributed by atoms with E-state index in [2.05, 4.69) is 10.6 Å². The number of amides is 2. The first-order valence-electron chi connectivity index (χ1n) is 14.5. The third-order valence-electron chi connectivity index (χ3n) is 8.44. The van der Waals surface area contributed by atoms with Gasteiger partial charge in [0.1, 0.15) is 0 Å². The summed E-state index contributed by atoms with van der Waals surface area (Å²) in [5.74, 6) is 0.112. The zero-order valence-corrected chi connectivity index (χ0v) is 23.7. The van der Waals surface area contributed by atoms with Crippen LogP contribution >= 0.6 is 0 Å². The highest BCUT2D eigenvalue weighted by atomic mass is 16.5. The monoisotopic (exact) mass is 531 g/mol. The number of nitrogens with zero attached hydrogens (tertiary/aromatic N) is 1. The highest BCUT2D eigenvalue weighted by Crippen LogP contribution is 2.40. The van der Waals surface area contributed by atoms with Gasteiger partial charge in [-0.15, -0.1) is 0 Å². The van der Waals surface area contributed by atoms with Gasteiger partial charge in [-0.25, -0.2) is 9.59 Å². The third kappa shape index (κ3) is 8.42. The molecule has 8 nitrogen and oxygen atoms in total. The molecular formula is C30H49N3O5. The van der Waals surface area contributed by atoms with Gasteiger partial charge in [-0.1, -0.05) is 44.2 Å². The molecule has 8 heteroatoms. The van der Waals surface area contributed by atoms with Crippen LogP contribution in [0.4, 0.5) is 4.79 Å². The molecular weight excluding hydrogens is 482 g/mol. The van der Waals surface area contributed by atoms with Crippen LogP contribution < -0.4 is 10.6 Å². The zero-order chi connectivity index (χ0) is 27.4. The Morgan fingerprint density at radius 2 is 1.92 bits per heavy atom. The molecule has 1 heterocycles. The SMILES string of the molecule is CNCC(CC1CCCCC1)NC(=O)N1CCCC(C(O)(CCCCOC)c2cccc(C(=O)OC)c2)C1. The highest BCUT2D eigenvalue weighted by Gasteiger charge is 2.41. The summed E-state index contributed by atoms with van der Waals surface area (Å²) in [4.78, 5) is 27.5. The van der Waals surface area contributed by atoms with Crippen molar-refractivity contribution >= 4 is 12.0 Å². The number of likely N-dealkylation sites (tertiary alicyclic amines) is 1. The number of benzene rings is 1. The Morgan fingerprint density at radius 1 is 1.13 bits per heavy atom. The molecule has 1 saturated carbocycles. The van der Waals surface area contributed by atoms with Crippen LogP contribution in [-0.2, 0) is 15.1 Å². The third-order valence-corrected chi connectivity index (χ3v) is 8.44. The number of carbonyl (C=O) groups is 2. The number of urea groups is 1. The minimum Gasteiger partial charge on any atom is -0.465 e. The number of unbranched alkanes of at least 4 members (excludes halogenated alkanes) is 1. The van der Waals surface area contributed by atoms with E-state index >= 15 is 0 Å². The van der Waals surface area contributed by atoms with E-state index in [9.17, 15) is 14.7 Å². The van der Waals surface area contributed by atoms with Gasteiger partial charge >= 0.3 is 12.0 Å². The van der Waals surface area contributed by atoms with Gasteiger partial charge in [-0.3, -0.25) is 0 Å². The molecule has 0 radical (unpaired) electrons. The lowest BCUT2D eigenvalue weighted by molar-refractivity contribution is -0.0564. The molecule has 2 aliphatic rings. The maximum Gasteiger partial charge on any atom is 0.337 e. The molecule has 214 valence electrons. The molecule has 3 unspecified atom stereocenters. The van der Waals surface area contributed by atoms with Crippen LogP contribution in [0.25, 0.3) is 0 Å². The lowest BCUT2D eigenvalue weighted by Gasteiger charge is -2.43. The normalized spacial score (nSPS) is 20.9. The largest absolute Gasteiger partial charge is 0.465 e. The predicted molar refractivity (Wildman–Crippen MR) is 149 cm³/mol. The Morgan fingerprint density at radius 3 is 2.63 bits per heavy atom. The molecule has 1 aromatic carbocycles. The first kappa shape index (κ1) is 30.4. The van der Waals surface area contributed by atoms with E-state index in [1.54, 1.807) is 25.3 Å². The molecule has 38 heavy (non-hydrogen) atoms. The Bertz CT molecular complexity index is 875. The number of esters is 1. The second-order valence-electron chi connectivity index (χ2n) is 11.2. The molecule has 1 saturated heterocycles. The molecule has 0 spiro atoms. The summed E-state index contributed by atoms with van der Waals surface area (Å²) in [5.41, 5.74) is -0.0396. The van der Waals surface area contributed by atoms with Crippen molar-refractivity contribution < 1.29 is 24.2 Å². The Kier molecular flexibility index (Phi) is 12.3. The van der Waals surface area contributed by atoms with Gasteiger partial charge in [0.05, 0.1) is 18.3 Å². The summed E-state index contributed by atoms with van der Waals surface area (Å²) in [6.07, 6.45) is 11.2. The number of carbonyl (C=O) groups excluding carboxylic acids is 2. The molecule has 3 atom stereocenters. The van der Waals surface area contributed by atoms with Crippen LogP contribution in [0.5, 0.6) is 0 Å². The Hall–Kier alpha value is -2.16. The van der Waals surface area contributed by atoms with E-state index in [0.717, 1.165) is 38.6 Å². The lowest BCUT2D eigenvalue weighted by atomic mass is 9.74. The van der Waals surface area contributed by atoms with Crippen molar-refractivity contribution in [1.82, 2.24) is 15.5 Å². The molecule has 0 aromatic heterocycles. The highest BCUT2D eigenvalue weighted by molar-refractivity contribution is 5.89. The second kappa shape index (κ2) is 15.4. The molecule has 3 N–H and O–H groups in total. The van der Waals surface area contributed by atoms with Gasteiger partial charge in [0.15, 0.2) is 0 Å². The minimum atomic E-state index is -1.16. The average Bonchev–Trinajstić information content (AvgIpc) is 2.95. The van der Waals surface area contributed by atoms with E-state index in [0.29, 0.717) is 43.2 Å². The van der Waals surface area contributed by atoms with Crippen LogP contribution in [0.2, 0.25) is 0 Å². The number of methoxy groups -OCH3 is 2. The quantitative estimate of drug-likeness (QED) is 0.257. The number of piperidine rings is 1. The summed E-state index contributed by atoms with van der Waals surface area (Å²) in [7, 11) is 4.97. The van der Waals surface area contributed by atoms with E-state index in [4.69, 9.17) is 9.47 Å². The second-order valence-corrected chi connectivity index (χ2v) is 11.2. The summed E-state index contributed by atoms with van der Waals surface area (Å²) in [5, 5.41) is 18.8. The average molecular weight is 532 g/mol. The number of hydrogen-bond acceptors (Lipinski definition) is 6. The number of nitrogens with one attached hydrogen (secondary N) is 2. The number of ether oxygens (including phenoxy) is 2. The maximum atomic E-state index is 13.4. The number of hydrogen-bond donors (Lipinski definition) is 3. The molecule has 1 aliphatic carbocycles. The first-order valence-corrected chi connectivity index (χ1v) is 14.5. The summed E-state index contributed by atoms with van der Waals surface area (Å²) < 4.78 is 10.1. The number of likely N-dealkylation sites (N-methyl/N-ethyl adjacent to an activating group) is 1. The number of rotatable bonds is 13. The molecule has 3 rings (SSSR count). The summed E-state index contributed by atoms with van der Waals surface area (Å²) in [6.45, 7) is 2.54. The minimum absolute atomic E-state index is 0.0456. The summed E-state index contributed by atoms with van der Waals surface area (Å²) in [6, 6.07) is 7.18. The van der Waals surface area contributed by atoms with Crippen LogP contribution in [0, 0.1) is 11.8 Å². The molecule has 0 bridgehead atoms. The van der Waals surface area contributed by atoms with Gasteiger partial charge in [-0.2, -0.15) is 0 Å². The summed E-state index contributed by atoms with van der Waals surface area (Å²) >= 11 is 0. The van der Waals surface area contributed by atoms with Crippen molar-refractivity contribution in [3.05, 3.63) is 35.4 Å². The Balaban J connectivity index is 1.74. The van der Waals surface area contributed by atoms with E-state index in [1.165, 1.54) is 39.2 Å².